The highest BCUT2D eigenvalue weighted by atomic mass is 16.7. The minimum Gasteiger partial charge on any atom is -0.467 e. The lowest BCUT2D eigenvalue weighted by atomic mass is 9.92. The van der Waals surface area contributed by atoms with Gasteiger partial charge in [-0.15, -0.1) is 0 Å². The van der Waals surface area contributed by atoms with Gasteiger partial charge in [-0.1, -0.05) is 0 Å². The molecule has 7 heteroatoms. The fraction of sp³-hybridized carbons (Fsp3) is 0.867. The Balaban J connectivity index is 2.70. The molecule has 7 nitrogen and oxygen atoms in total. The van der Waals surface area contributed by atoms with E-state index in [2.05, 4.69) is 0 Å². The lowest BCUT2D eigenvalue weighted by Gasteiger charge is -2.36. The molecule has 0 bridgehead atoms. The largest absolute Gasteiger partial charge is 0.467 e. The number of methoxy groups -OCH3 is 2. The van der Waals surface area contributed by atoms with Crippen LogP contribution in [0.25, 0.3) is 0 Å². The Hall–Kier alpha value is -1.34. The molecule has 1 amide bonds. The van der Waals surface area contributed by atoms with Crippen molar-refractivity contribution in [3.63, 3.8) is 0 Å². The Labute approximate surface area is 131 Å². The Morgan fingerprint density at radius 2 is 1.95 bits per heavy atom. The van der Waals surface area contributed by atoms with E-state index in [9.17, 15) is 9.59 Å². The second kappa shape index (κ2) is 8.33. The summed E-state index contributed by atoms with van der Waals surface area (Å²) in [7, 11) is 2.81. The van der Waals surface area contributed by atoms with Crippen molar-refractivity contribution >= 4 is 12.1 Å². The van der Waals surface area contributed by atoms with Crippen molar-refractivity contribution in [3.8, 4) is 0 Å². The number of ether oxygens (including phenoxy) is 4. The fourth-order valence-electron chi connectivity index (χ4n) is 2.40. The van der Waals surface area contributed by atoms with Crippen LogP contribution >= 0.6 is 0 Å². The van der Waals surface area contributed by atoms with E-state index in [1.54, 1.807) is 4.90 Å². The van der Waals surface area contributed by atoms with Crippen LogP contribution in [0.2, 0.25) is 0 Å². The zero-order chi connectivity index (χ0) is 16.8. The van der Waals surface area contributed by atoms with Gasteiger partial charge in [0.1, 0.15) is 12.4 Å². The number of nitrogens with zero attached hydrogens (tertiary/aromatic N) is 1. The molecule has 1 saturated heterocycles. The van der Waals surface area contributed by atoms with Crippen molar-refractivity contribution in [1.82, 2.24) is 4.90 Å². The smallest absolute Gasteiger partial charge is 0.410 e. The van der Waals surface area contributed by atoms with Crippen LogP contribution in [0.15, 0.2) is 0 Å². The van der Waals surface area contributed by atoms with Gasteiger partial charge in [-0.3, -0.25) is 0 Å². The summed E-state index contributed by atoms with van der Waals surface area (Å²) in [5, 5.41) is 0. The zero-order valence-electron chi connectivity index (χ0n) is 14.1. The summed E-state index contributed by atoms with van der Waals surface area (Å²) in [6.45, 7) is 6.49. The van der Waals surface area contributed by atoms with Gasteiger partial charge in [0.05, 0.1) is 7.11 Å². The minimum atomic E-state index is -0.741. The molecule has 2 atom stereocenters. The van der Waals surface area contributed by atoms with Crippen LogP contribution in [-0.4, -0.2) is 62.8 Å². The van der Waals surface area contributed by atoms with Crippen molar-refractivity contribution in [2.24, 2.45) is 5.92 Å². The van der Waals surface area contributed by atoms with Crippen LogP contribution in [0.3, 0.4) is 0 Å². The minimum absolute atomic E-state index is 0.00268. The molecule has 0 aromatic rings. The molecule has 1 fully saturated rings. The fourth-order valence-corrected chi connectivity index (χ4v) is 2.40. The molecule has 0 aromatic heterocycles. The maximum absolute atomic E-state index is 12.2. The van der Waals surface area contributed by atoms with Gasteiger partial charge in [-0.05, 0) is 33.6 Å². The summed E-state index contributed by atoms with van der Waals surface area (Å²) in [6, 6.07) is 0. The molecular formula is C15H27NO6. The molecule has 1 aliphatic heterocycles. The predicted molar refractivity (Wildman–Crippen MR) is 79.3 cm³/mol. The Morgan fingerprint density at radius 3 is 2.50 bits per heavy atom. The van der Waals surface area contributed by atoms with Crippen LogP contribution in [-0.2, 0) is 23.7 Å². The number of esters is 1. The van der Waals surface area contributed by atoms with Gasteiger partial charge in [-0.2, -0.15) is 0 Å². The lowest BCUT2D eigenvalue weighted by Crippen LogP contribution is -2.48. The van der Waals surface area contributed by atoms with E-state index >= 15 is 0 Å². The van der Waals surface area contributed by atoms with Gasteiger partial charge >= 0.3 is 12.1 Å². The van der Waals surface area contributed by atoms with Gasteiger partial charge in [0.2, 0.25) is 0 Å². The molecule has 1 unspecified atom stereocenters. The number of piperidine rings is 1. The number of carbonyl (C=O) groups excluding carboxylic acids is 2. The third kappa shape index (κ3) is 5.81. The van der Waals surface area contributed by atoms with Crippen LogP contribution in [0.4, 0.5) is 4.79 Å². The summed E-state index contributed by atoms with van der Waals surface area (Å²) in [5.74, 6) is -0.586. The molecule has 0 aromatic carbocycles. The van der Waals surface area contributed by atoms with Gasteiger partial charge in [0, 0.05) is 26.1 Å². The van der Waals surface area contributed by atoms with Gasteiger partial charge < -0.3 is 23.8 Å². The van der Waals surface area contributed by atoms with Gasteiger partial charge in [-0.25, -0.2) is 9.59 Å². The standard InChI is InChI=1S/C15H27NO6/c1-15(2,3)22-14(18)16-8-6-7-11(9-16)12(13(17)20-5)21-10-19-4/h11-12H,6-10H2,1-5H3/t11-,12?/m1/s1. The molecule has 22 heavy (non-hydrogen) atoms. The zero-order valence-corrected chi connectivity index (χ0v) is 14.1. The Morgan fingerprint density at radius 1 is 1.27 bits per heavy atom. The van der Waals surface area contributed by atoms with Crippen molar-refractivity contribution in [2.75, 3.05) is 34.1 Å². The number of hydrogen-bond donors (Lipinski definition) is 0. The average Bonchev–Trinajstić information content (AvgIpc) is 2.46. The third-order valence-electron chi connectivity index (χ3n) is 3.34. The molecule has 1 rings (SSSR count). The lowest BCUT2D eigenvalue weighted by molar-refractivity contribution is -0.170. The molecule has 0 aliphatic carbocycles. The number of carbonyl (C=O) groups is 2. The van der Waals surface area contributed by atoms with Gasteiger partial charge in [0.15, 0.2) is 6.10 Å². The third-order valence-corrected chi connectivity index (χ3v) is 3.34. The number of likely N-dealkylation sites (tertiary alicyclic amines) is 1. The van der Waals surface area contributed by atoms with E-state index in [0.717, 1.165) is 12.8 Å². The molecule has 0 N–H and O–H groups in total. The predicted octanol–water partition coefficient (Wildman–Crippen LogP) is 1.80. The maximum atomic E-state index is 12.2. The first kappa shape index (κ1) is 18.7. The summed E-state index contributed by atoms with van der Waals surface area (Å²) in [4.78, 5) is 25.7. The molecule has 0 saturated carbocycles. The summed E-state index contributed by atoms with van der Waals surface area (Å²) >= 11 is 0. The van der Waals surface area contributed by atoms with Gasteiger partial charge in [0.25, 0.3) is 0 Å². The number of rotatable bonds is 5. The van der Waals surface area contributed by atoms with Crippen LogP contribution < -0.4 is 0 Å². The second-order valence-electron chi connectivity index (χ2n) is 6.35. The highest BCUT2D eigenvalue weighted by Gasteiger charge is 2.36. The highest BCUT2D eigenvalue weighted by Crippen LogP contribution is 2.24. The first-order valence-corrected chi connectivity index (χ1v) is 7.44. The van der Waals surface area contributed by atoms with E-state index in [-0.39, 0.29) is 18.8 Å². The summed E-state index contributed by atoms with van der Waals surface area (Å²) in [6.07, 6.45) is 0.457. The highest BCUT2D eigenvalue weighted by molar-refractivity contribution is 5.75. The Bertz CT molecular complexity index is 379. The monoisotopic (exact) mass is 317 g/mol. The van der Waals surface area contributed by atoms with E-state index in [0.29, 0.717) is 13.1 Å². The first-order chi connectivity index (χ1) is 10.3. The molecular weight excluding hydrogens is 290 g/mol. The topological polar surface area (TPSA) is 74.3 Å². The molecule has 1 heterocycles. The average molecular weight is 317 g/mol. The van der Waals surface area contributed by atoms with Crippen molar-refractivity contribution in [1.29, 1.82) is 0 Å². The molecule has 0 spiro atoms. The van der Waals surface area contributed by atoms with E-state index < -0.39 is 17.7 Å². The first-order valence-electron chi connectivity index (χ1n) is 7.44. The number of amides is 1. The Kier molecular flexibility index (Phi) is 7.09. The van der Waals surface area contributed by atoms with E-state index in [4.69, 9.17) is 18.9 Å². The summed E-state index contributed by atoms with van der Waals surface area (Å²) < 4.78 is 20.5. The molecule has 1 aliphatic rings. The second-order valence-corrected chi connectivity index (χ2v) is 6.35. The molecule has 0 radical (unpaired) electrons. The van der Waals surface area contributed by atoms with Crippen LogP contribution in [0.1, 0.15) is 33.6 Å². The summed E-state index contributed by atoms with van der Waals surface area (Å²) in [5.41, 5.74) is -0.543. The van der Waals surface area contributed by atoms with Crippen LogP contribution in [0.5, 0.6) is 0 Å². The van der Waals surface area contributed by atoms with E-state index in [1.165, 1.54) is 14.2 Å². The maximum Gasteiger partial charge on any atom is 0.410 e. The van der Waals surface area contributed by atoms with Crippen molar-refractivity contribution in [2.45, 2.75) is 45.3 Å². The van der Waals surface area contributed by atoms with Crippen LogP contribution in [0, 0.1) is 5.92 Å². The SMILES string of the molecule is COCOC(C(=O)OC)[C@@H]1CCCN(C(=O)OC(C)(C)C)C1. The number of hydrogen-bond acceptors (Lipinski definition) is 6. The van der Waals surface area contributed by atoms with Crippen molar-refractivity contribution in [3.05, 3.63) is 0 Å². The van der Waals surface area contributed by atoms with E-state index in [1.807, 2.05) is 20.8 Å². The van der Waals surface area contributed by atoms with Crippen molar-refractivity contribution < 1.29 is 28.5 Å². The quantitative estimate of drug-likeness (QED) is 0.568. The normalized spacial score (nSPS) is 20.4. The molecule has 128 valence electrons.